The van der Waals surface area contributed by atoms with Gasteiger partial charge in [-0.3, -0.25) is 4.57 Å². The van der Waals surface area contributed by atoms with Crippen molar-refractivity contribution in [3.8, 4) is 6.07 Å². The molecule has 0 amide bonds. The second kappa shape index (κ2) is 4.54. The van der Waals surface area contributed by atoms with E-state index in [4.69, 9.17) is 11.0 Å². The van der Waals surface area contributed by atoms with Crippen LogP contribution in [0.25, 0.3) is 10.2 Å². The average Bonchev–Trinajstić information content (AvgIpc) is 2.95. The normalized spacial score (nSPS) is 10.8. The number of aryl methyl sites for hydroxylation is 2. The van der Waals surface area contributed by atoms with E-state index in [2.05, 4.69) is 20.2 Å². The Labute approximate surface area is 118 Å². The topological polar surface area (TPSA) is 106 Å². The number of nitrogens with two attached hydrogens (primary N) is 1. The second-order valence-electron chi connectivity index (χ2n) is 4.38. The molecule has 0 atom stereocenters. The maximum atomic E-state index is 8.91. The maximum Gasteiger partial charge on any atom is 0.235 e. The Kier molecular flexibility index (Phi) is 2.84. The van der Waals surface area contributed by atoms with Crippen molar-refractivity contribution in [2.24, 2.45) is 0 Å². The third kappa shape index (κ3) is 1.88. The van der Waals surface area contributed by atoms with E-state index in [-0.39, 0.29) is 5.82 Å². The summed E-state index contributed by atoms with van der Waals surface area (Å²) in [7, 11) is 0. The lowest BCUT2D eigenvalue weighted by Gasteiger charge is -2.04. The number of nitrogen functional groups attached to an aromatic ring is 1. The van der Waals surface area contributed by atoms with Crippen LogP contribution in [0.5, 0.6) is 0 Å². The fraction of sp³-hybridized carbons (Fsp3) is 0.250. The molecule has 0 spiro atoms. The van der Waals surface area contributed by atoms with Gasteiger partial charge in [-0.1, -0.05) is 0 Å². The van der Waals surface area contributed by atoms with Gasteiger partial charge in [0.05, 0.1) is 11.9 Å². The molecule has 0 aliphatic carbocycles. The van der Waals surface area contributed by atoms with Gasteiger partial charge in [0.15, 0.2) is 5.82 Å². The molecular formula is C12H11N7S. The molecule has 3 rings (SSSR count). The van der Waals surface area contributed by atoms with Crippen molar-refractivity contribution >= 4 is 27.4 Å². The van der Waals surface area contributed by atoms with Crippen LogP contribution in [0.3, 0.4) is 0 Å². The number of aromatic nitrogens is 5. The fourth-order valence-electron chi connectivity index (χ4n) is 2.01. The largest absolute Gasteiger partial charge is 0.383 e. The summed E-state index contributed by atoms with van der Waals surface area (Å²) >= 11 is 1.59. The zero-order chi connectivity index (χ0) is 14.3. The van der Waals surface area contributed by atoms with Gasteiger partial charge < -0.3 is 5.73 Å². The van der Waals surface area contributed by atoms with Gasteiger partial charge >= 0.3 is 0 Å². The summed E-state index contributed by atoms with van der Waals surface area (Å²) < 4.78 is 1.59. The molecule has 0 radical (unpaired) electrons. The smallest absolute Gasteiger partial charge is 0.235 e. The van der Waals surface area contributed by atoms with Crippen LogP contribution < -0.4 is 5.73 Å². The molecule has 0 unspecified atom stereocenters. The summed E-state index contributed by atoms with van der Waals surface area (Å²) in [5, 5.41) is 17.2. The highest BCUT2D eigenvalue weighted by atomic mass is 32.1. The first-order valence-corrected chi connectivity index (χ1v) is 6.71. The van der Waals surface area contributed by atoms with Crippen LogP contribution in [0.15, 0.2) is 6.33 Å². The van der Waals surface area contributed by atoms with Gasteiger partial charge in [0.2, 0.25) is 5.82 Å². The maximum absolute atomic E-state index is 8.91. The number of rotatable bonds is 2. The van der Waals surface area contributed by atoms with Crippen molar-refractivity contribution in [3.63, 3.8) is 0 Å². The highest BCUT2D eigenvalue weighted by Crippen LogP contribution is 2.31. The zero-order valence-corrected chi connectivity index (χ0v) is 11.8. The number of fused-ring (bicyclic) bond motifs is 1. The van der Waals surface area contributed by atoms with Crippen LogP contribution in [-0.2, 0) is 6.54 Å². The number of nitriles is 1. The van der Waals surface area contributed by atoms with Crippen molar-refractivity contribution in [1.29, 1.82) is 5.26 Å². The quantitative estimate of drug-likeness (QED) is 0.762. The lowest BCUT2D eigenvalue weighted by Crippen LogP contribution is -2.07. The lowest BCUT2D eigenvalue weighted by atomic mass is 10.2. The van der Waals surface area contributed by atoms with Crippen molar-refractivity contribution < 1.29 is 0 Å². The van der Waals surface area contributed by atoms with Crippen LogP contribution in [0.2, 0.25) is 0 Å². The van der Waals surface area contributed by atoms with Crippen molar-refractivity contribution in [2.75, 3.05) is 5.73 Å². The molecule has 0 bridgehead atoms. The van der Waals surface area contributed by atoms with Crippen LogP contribution in [0.1, 0.15) is 22.1 Å². The number of thiophene rings is 1. The second-order valence-corrected chi connectivity index (χ2v) is 5.59. The van der Waals surface area contributed by atoms with Crippen molar-refractivity contribution in [3.05, 3.63) is 28.4 Å². The van der Waals surface area contributed by atoms with Crippen LogP contribution in [0, 0.1) is 25.2 Å². The van der Waals surface area contributed by atoms with Crippen LogP contribution in [-0.4, -0.2) is 24.7 Å². The van der Waals surface area contributed by atoms with E-state index in [0.717, 1.165) is 15.8 Å². The van der Waals surface area contributed by atoms with E-state index >= 15 is 0 Å². The Morgan fingerprint density at radius 2 is 2.20 bits per heavy atom. The van der Waals surface area contributed by atoms with E-state index in [9.17, 15) is 0 Å². The van der Waals surface area contributed by atoms with Gasteiger partial charge in [-0.05, 0) is 19.4 Å². The Bertz CT molecular complexity index is 839. The molecule has 0 aliphatic rings. The van der Waals surface area contributed by atoms with Gasteiger partial charge in [0.25, 0.3) is 0 Å². The highest BCUT2D eigenvalue weighted by molar-refractivity contribution is 7.18. The molecule has 8 heteroatoms. The molecule has 2 N–H and O–H groups in total. The van der Waals surface area contributed by atoms with Crippen molar-refractivity contribution in [1.82, 2.24) is 24.7 Å². The predicted octanol–water partition coefficient (Wildman–Crippen LogP) is 1.40. The Hall–Kier alpha value is -2.53. The van der Waals surface area contributed by atoms with E-state index in [1.54, 1.807) is 15.9 Å². The van der Waals surface area contributed by atoms with Crippen molar-refractivity contribution in [2.45, 2.75) is 20.4 Å². The molecule has 3 aromatic heterocycles. The van der Waals surface area contributed by atoms with E-state index in [1.165, 1.54) is 11.2 Å². The van der Waals surface area contributed by atoms with Crippen LogP contribution >= 0.6 is 11.3 Å². The zero-order valence-electron chi connectivity index (χ0n) is 11.0. The van der Waals surface area contributed by atoms with Gasteiger partial charge in [0, 0.05) is 4.88 Å². The minimum Gasteiger partial charge on any atom is -0.383 e. The molecule has 100 valence electrons. The molecule has 0 aromatic carbocycles. The summed E-state index contributed by atoms with van der Waals surface area (Å²) in [6.07, 6.45) is 1.48. The molecule has 0 saturated carbocycles. The molecule has 0 saturated heterocycles. The first-order chi connectivity index (χ1) is 9.60. The van der Waals surface area contributed by atoms with Gasteiger partial charge in [-0.25, -0.2) is 9.97 Å². The summed E-state index contributed by atoms with van der Waals surface area (Å²) in [6, 6.07) is 1.97. The number of hydrogen-bond acceptors (Lipinski definition) is 7. The summed E-state index contributed by atoms with van der Waals surface area (Å²) in [4.78, 5) is 10.9. The third-order valence-electron chi connectivity index (χ3n) is 3.13. The molecule has 20 heavy (non-hydrogen) atoms. The summed E-state index contributed by atoms with van der Waals surface area (Å²) in [5.41, 5.74) is 7.14. The Morgan fingerprint density at radius 3 is 2.95 bits per heavy atom. The minimum atomic E-state index is 0.228. The fourth-order valence-corrected chi connectivity index (χ4v) is 3.06. The first kappa shape index (κ1) is 12.5. The number of hydrogen-bond donors (Lipinski definition) is 1. The lowest BCUT2D eigenvalue weighted by molar-refractivity contribution is 0.737. The predicted molar refractivity (Wildman–Crippen MR) is 75.1 cm³/mol. The first-order valence-electron chi connectivity index (χ1n) is 5.90. The number of anilines is 1. The Balaban J connectivity index is 2.08. The Morgan fingerprint density at radius 1 is 1.40 bits per heavy atom. The monoisotopic (exact) mass is 285 g/mol. The SMILES string of the molecule is Cc1sc2nc(Cn3cnnc3C#N)nc(N)c2c1C. The minimum absolute atomic E-state index is 0.228. The highest BCUT2D eigenvalue weighted by Gasteiger charge is 2.13. The average molecular weight is 285 g/mol. The van der Waals surface area contributed by atoms with Crippen LogP contribution in [0.4, 0.5) is 5.82 Å². The molecule has 7 nitrogen and oxygen atoms in total. The summed E-state index contributed by atoms with van der Waals surface area (Å²) in [6.45, 7) is 4.38. The molecular weight excluding hydrogens is 274 g/mol. The third-order valence-corrected chi connectivity index (χ3v) is 4.23. The molecule has 3 heterocycles. The van der Waals surface area contributed by atoms with E-state index in [0.29, 0.717) is 18.2 Å². The standard InChI is InChI=1S/C12H11N7S/c1-6-7(2)20-12-10(6)11(14)16-8(17-12)4-19-5-15-18-9(19)3-13/h5H,4H2,1-2H3,(H2,14,16,17). The van der Waals surface area contributed by atoms with E-state index < -0.39 is 0 Å². The number of nitrogens with zero attached hydrogens (tertiary/aromatic N) is 6. The molecule has 0 aliphatic heterocycles. The molecule has 3 aromatic rings. The molecule has 0 fully saturated rings. The van der Waals surface area contributed by atoms with Gasteiger partial charge in [-0.15, -0.1) is 21.5 Å². The van der Waals surface area contributed by atoms with Gasteiger partial charge in [-0.2, -0.15) is 5.26 Å². The summed E-state index contributed by atoms with van der Waals surface area (Å²) in [5.74, 6) is 1.25. The van der Waals surface area contributed by atoms with E-state index in [1.807, 2.05) is 19.9 Å². The van der Waals surface area contributed by atoms with Gasteiger partial charge in [0.1, 0.15) is 23.0 Å².